The average molecular weight is 661 g/mol. The van der Waals surface area contributed by atoms with Gasteiger partial charge in [-0.15, -0.1) is 0 Å². The predicted molar refractivity (Wildman–Crippen MR) is 179 cm³/mol. The van der Waals surface area contributed by atoms with Crippen molar-refractivity contribution in [1.82, 2.24) is 0 Å². The van der Waals surface area contributed by atoms with E-state index in [2.05, 4.69) is 18.6 Å². The number of carbonyl (C=O) groups is 3. The van der Waals surface area contributed by atoms with Crippen molar-refractivity contribution in [2.45, 2.75) is 205 Å². The van der Waals surface area contributed by atoms with Gasteiger partial charge in [0, 0.05) is 12.8 Å². The van der Waals surface area contributed by atoms with E-state index >= 15 is 0 Å². The fraction of sp³-hybridized carbons (Fsp3) is 0.917. The Hall–Kier alpha value is -1.59. The van der Waals surface area contributed by atoms with Crippen LogP contribution in [0.25, 0.3) is 0 Å². The molecule has 0 aliphatic carbocycles. The minimum absolute atomic E-state index is 0.0673. The van der Waals surface area contributed by atoms with Crippen molar-refractivity contribution in [3.05, 3.63) is 0 Å². The Morgan fingerprint density at radius 2 is 0.870 bits per heavy atom. The Morgan fingerprint density at radius 3 is 1.22 bits per heavy atom. The molecular weight excluding hydrogens is 592 g/mol. The van der Waals surface area contributed by atoms with Gasteiger partial charge in [0.1, 0.15) is 6.10 Å². The molecule has 0 bridgehead atoms. The second-order valence-electron chi connectivity index (χ2n) is 12.9. The van der Waals surface area contributed by atoms with E-state index in [1.807, 2.05) is 0 Å². The number of rotatable bonds is 32. The molecule has 10 heteroatoms. The normalized spacial score (nSPS) is 14.8. The first-order chi connectivity index (χ1) is 22.1. The zero-order valence-corrected chi connectivity index (χ0v) is 29.1. The molecule has 0 saturated heterocycles. The third kappa shape index (κ3) is 22.1. The lowest BCUT2D eigenvalue weighted by molar-refractivity contribution is -0.303. The number of unbranched alkanes of at least 4 members (excludes halogenated alkanes) is 22. The maximum Gasteiger partial charge on any atom is 0.345 e. The minimum atomic E-state index is -3.19. The second kappa shape index (κ2) is 29.5. The summed E-state index contributed by atoms with van der Waals surface area (Å²) >= 11 is 0. The Labute approximate surface area is 278 Å². The van der Waals surface area contributed by atoms with Crippen LogP contribution in [0.2, 0.25) is 0 Å². The highest BCUT2D eigenvalue weighted by atomic mass is 16.7. The largest absolute Gasteiger partial charge is 0.427 e. The molecule has 0 saturated carbocycles. The van der Waals surface area contributed by atoms with Gasteiger partial charge in [-0.1, -0.05) is 155 Å². The summed E-state index contributed by atoms with van der Waals surface area (Å²) in [5.41, 5.74) is 0. The quantitative estimate of drug-likeness (QED) is 0.0231. The van der Waals surface area contributed by atoms with Crippen LogP contribution in [0.1, 0.15) is 181 Å². The number of ether oxygens (including phenoxy) is 2. The van der Waals surface area contributed by atoms with E-state index in [9.17, 15) is 39.9 Å². The molecule has 0 unspecified atom stereocenters. The van der Waals surface area contributed by atoms with Gasteiger partial charge in [-0.05, 0) is 12.8 Å². The Kier molecular flexibility index (Phi) is 28.5. The summed E-state index contributed by atoms with van der Waals surface area (Å²) in [4.78, 5) is 36.7. The van der Waals surface area contributed by atoms with Crippen LogP contribution in [0.5, 0.6) is 0 Å². The van der Waals surface area contributed by atoms with Gasteiger partial charge in [0.05, 0.1) is 6.61 Å². The van der Waals surface area contributed by atoms with Crippen molar-refractivity contribution >= 4 is 17.9 Å². The molecule has 0 aliphatic heterocycles. The van der Waals surface area contributed by atoms with Gasteiger partial charge in [-0.25, -0.2) is 4.79 Å². The maximum absolute atomic E-state index is 12.4. The standard InChI is InChI=1S/C36H68O10/c1-3-5-7-9-11-13-14-15-16-17-18-20-22-24-26-28-32(40)46-36(44,30(38)29-37)34(42)33(41)35(43)45-31(39)27-25-23-21-19-12-10-8-6-4-2/h30,33-34,37-38,41-42,44H,3-29H2,1-2H3/t30-,33-,34-,36+/m1/s1. The van der Waals surface area contributed by atoms with Gasteiger partial charge in [0.15, 0.2) is 12.2 Å². The first-order valence-electron chi connectivity index (χ1n) is 18.5. The molecule has 0 aromatic carbocycles. The lowest BCUT2D eigenvalue weighted by Crippen LogP contribution is -2.62. The fourth-order valence-corrected chi connectivity index (χ4v) is 5.49. The van der Waals surface area contributed by atoms with Crippen molar-refractivity contribution in [2.24, 2.45) is 0 Å². The van der Waals surface area contributed by atoms with E-state index in [1.165, 1.54) is 89.9 Å². The third-order valence-corrected chi connectivity index (χ3v) is 8.58. The number of hydrogen-bond donors (Lipinski definition) is 5. The van der Waals surface area contributed by atoms with Gasteiger partial charge in [-0.3, -0.25) is 9.59 Å². The predicted octanol–water partition coefficient (Wildman–Crippen LogP) is 6.55. The van der Waals surface area contributed by atoms with Gasteiger partial charge in [-0.2, -0.15) is 0 Å². The topological polar surface area (TPSA) is 171 Å². The van der Waals surface area contributed by atoms with E-state index in [-0.39, 0.29) is 12.8 Å². The summed E-state index contributed by atoms with van der Waals surface area (Å²) in [6, 6.07) is 0. The van der Waals surface area contributed by atoms with Gasteiger partial charge >= 0.3 is 17.9 Å². The Morgan fingerprint density at radius 1 is 0.543 bits per heavy atom. The second-order valence-corrected chi connectivity index (χ2v) is 12.9. The first-order valence-corrected chi connectivity index (χ1v) is 18.5. The number of aliphatic hydroxyl groups is 5. The maximum atomic E-state index is 12.4. The molecular formula is C36H68O10. The molecule has 0 fully saturated rings. The van der Waals surface area contributed by atoms with E-state index in [1.54, 1.807) is 0 Å². The summed E-state index contributed by atoms with van der Waals surface area (Å²) in [6.45, 7) is 3.26. The summed E-state index contributed by atoms with van der Waals surface area (Å²) in [7, 11) is 0. The molecule has 0 heterocycles. The monoisotopic (exact) mass is 660 g/mol. The number of hydrogen-bond acceptors (Lipinski definition) is 10. The van der Waals surface area contributed by atoms with Crippen molar-refractivity contribution in [3.63, 3.8) is 0 Å². The summed E-state index contributed by atoms with van der Waals surface area (Å²) < 4.78 is 9.48. The zero-order valence-electron chi connectivity index (χ0n) is 29.1. The molecule has 0 aliphatic rings. The Bertz CT molecular complexity index is 761. The SMILES string of the molecule is CCCCCCCCCCCCCCCCCC(=O)O[C@@](O)([C@H](O)CO)[C@H](O)[C@@H](O)C(=O)OC(=O)CCCCCCCCCCC. The number of esters is 3. The molecule has 4 atom stereocenters. The van der Waals surface area contributed by atoms with Crippen LogP contribution < -0.4 is 0 Å². The highest BCUT2D eigenvalue weighted by Gasteiger charge is 2.52. The first kappa shape index (κ1) is 44.4. The smallest absolute Gasteiger partial charge is 0.345 e. The van der Waals surface area contributed by atoms with Crippen LogP contribution >= 0.6 is 0 Å². The summed E-state index contributed by atoms with van der Waals surface area (Å²) in [5.74, 6) is -6.64. The van der Waals surface area contributed by atoms with Crippen LogP contribution in [-0.4, -0.2) is 74.1 Å². The summed E-state index contributed by atoms with van der Waals surface area (Å²) in [6.07, 6.45) is 19.0. The minimum Gasteiger partial charge on any atom is -0.427 e. The zero-order chi connectivity index (χ0) is 34.5. The van der Waals surface area contributed by atoms with Crippen molar-refractivity contribution in [2.75, 3.05) is 6.61 Å². The molecule has 0 aromatic heterocycles. The van der Waals surface area contributed by atoms with Crippen molar-refractivity contribution in [3.8, 4) is 0 Å². The molecule has 0 aromatic rings. The summed E-state index contributed by atoms with van der Waals surface area (Å²) in [5, 5.41) is 50.9. The molecule has 10 nitrogen and oxygen atoms in total. The molecule has 5 N–H and O–H groups in total. The van der Waals surface area contributed by atoms with Gasteiger partial charge in [0.25, 0.3) is 5.79 Å². The lowest BCUT2D eigenvalue weighted by Gasteiger charge is -2.36. The average Bonchev–Trinajstić information content (AvgIpc) is 3.04. The number of aliphatic hydroxyl groups excluding tert-OH is 4. The molecule has 0 radical (unpaired) electrons. The van der Waals surface area contributed by atoms with Crippen molar-refractivity contribution in [1.29, 1.82) is 0 Å². The molecule has 0 spiro atoms. The van der Waals surface area contributed by atoms with E-state index < -0.39 is 48.6 Å². The molecule has 46 heavy (non-hydrogen) atoms. The van der Waals surface area contributed by atoms with E-state index in [4.69, 9.17) is 4.74 Å². The molecule has 272 valence electrons. The van der Waals surface area contributed by atoms with Crippen LogP contribution in [0.15, 0.2) is 0 Å². The fourth-order valence-electron chi connectivity index (χ4n) is 5.49. The van der Waals surface area contributed by atoms with Crippen LogP contribution in [-0.2, 0) is 23.9 Å². The van der Waals surface area contributed by atoms with Crippen LogP contribution in [0.4, 0.5) is 0 Å². The van der Waals surface area contributed by atoms with E-state index in [0.717, 1.165) is 51.4 Å². The third-order valence-electron chi connectivity index (χ3n) is 8.58. The van der Waals surface area contributed by atoms with Gasteiger partial charge < -0.3 is 35.0 Å². The highest BCUT2D eigenvalue weighted by Crippen LogP contribution is 2.24. The molecule has 0 rings (SSSR count). The molecule has 0 amide bonds. The highest BCUT2D eigenvalue weighted by molar-refractivity contribution is 5.88. The number of carbonyl (C=O) groups excluding carboxylic acids is 3. The van der Waals surface area contributed by atoms with Crippen molar-refractivity contribution < 1.29 is 49.4 Å². The van der Waals surface area contributed by atoms with Gasteiger partial charge in [0.2, 0.25) is 0 Å². The lowest BCUT2D eigenvalue weighted by atomic mass is 9.98. The van der Waals surface area contributed by atoms with Crippen LogP contribution in [0.3, 0.4) is 0 Å². The van der Waals surface area contributed by atoms with E-state index in [0.29, 0.717) is 12.8 Å². The Balaban J connectivity index is 4.32. The van der Waals surface area contributed by atoms with Crippen LogP contribution in [0, 0.1) is 0 Å².